The van der Waals surface area contributed by atoms with Crippen molar-refractivity contribution in [1.82, 2.24) is 14.9 Å². The van der Waals surface area contributed by atoms with Gasteiger partial charge >= 0.3 is 0 Å². The van der Waals surface area contributed by atoms with Crippen LogP contribution >= 0.6 is 12.4 Å². The van der Waals surface area contributed by atoms with Gasteiger partial charge in [-0.05, 0) is 45.0 Å². The molecule has 1 aliphatic rings. The van der Waals surface area contributed by atoms with Crippen LogP contribution in [0.25, 0.3) is 0 Å². The number of benzene rings is 1. The van der Waals surface area contributed by atoms with E-state index < -0.39 is 15.6 Å². The summed E-state index contributed by atoms with van der Waals surface area (Å²) in [5.74, 6) is -0.0609. The van der Waals surface area contributed by atoms with Gasteiger partial charge in [0.15, 0.2) is 0 Å². The third-order valence-corrected chi connectivity index (χ3v) is 5.03. The van der Waals surface area contributed by atoms with Crippen molar-refractivity contribution in [2.75, 3.05) is 26.2 Å². The molecule has 2 N–H and O–H groups in total. The number of hydrogen-bond acceptors (Lipinski definition) is 4. The highest BCUT2D eigenvalue weighted by molar-refractivity contribution is 7.89. The Morgan fingerprint density at radius 3 is 2.13 bits per heavy atom. The minimum absolute atomic E-state index is 0. The van der Waals surface area contributed by atoms with Gasteiger partial charge in [-0.15, -0.1) is 12.4 Å². The zero-order chi connectivity index (χ0) is 16.4. The fourth-order valence-corrected chi connectivity index (χ4v) is 3.71. The van der Waals surface area contributed by atoms with Crippen molar-refractivity contribution in [3.63, 3.8) is 0 Å². The van der Waals surface area contributed by atoms with Gasteiger partial charge in [0.1, 0.15) is 0 Å². The molecule has 0 radical (unpaired) electrons. The molecular formula is C15H24ClN3O3S. The van der Waals surface area contributed by atoms with Crippen LogP contribution in [0.15, 0.2) is 29.2 Å². The van der Waals surface area contributed by atoms with Crippen molar-refractivity contribution in [2.45, 2.75) is 31.2 Å². The number of carbonyl (C=O) groups excluding carboxylic acids is 1. The van der Waals surface area contributed by atoms with Crippen LogP contribution in [0, 0.1) is 0 Å². The molecule has 1 fully saturated rings. The minimum Gasteiger partial charge on any atom is -0.336 e. The van der Waals surface area contributed by atoms with Crippen LogP contribution in [-0.4, -0.2) is 50.9 Å². The van der Waals surface area contributed by atoms with Crippen molar-refractivity contribution < 1.29 is 13.2 Å². The summed E-state index contributed by atoms with van der Waals surface area (Å²) in [6.45, 7) is 8.27. The summed E-state index contributed by atoms with van der Waals surface area (Å²) in [6, 6.07) is 6.09. The third-order valence-electron chi connectivity index (χ3n) is 3.26. The van der Waals surface area contributed by atoms with E-state index in [4.69, 9.17) is 0 Å². The van der Waals surface area contributed by atoms with Gasteiger partial charge in [0, 0.05) is 37.3 Å². The fourth-order valence-electron chi connectivity index (χ4n) is 2.29. The largest absolute Gasteiger partial charge is 0.336 e. The van der Waals surface area contributed by atoms with Crippen molar-refractivity contribution in [3.8, 4) is 0 Å². The van der Waals surface area contributed by atoms with E-state index in [1.54, 1.807) is 37.8 Å². The number of piperazine rings is 1. The summed E-state index contributed by atoms with van der Waals surface area (Å²) in [5, 5.41) is 3.19. The number of amides is 1. The normalized spacial score (nSPS) is 15.9. The Labute approximate surface area is 144 Å². The Hall–Kier alpha value is -1.15. The maximum Gasteiger partial charge on any atom is 0.253 e. The molecule has 1 aromatic rings. The lowest BCUT2D eigenvalue weighted by molar-refractivity contribution is 0.0735. The standard InChI is InChI=1S/C15H23N3O3S.ClH/c1-15(2,3)17-22(20,21)13-6-4-12(5-7-13)14(19)18-10-8-16-9-11-18;/h4-7,16-17H,8-11H2,1-3H3;1H. The zero-order valence-corrected chi connectivity index (χ0v) is 15.3. The van der Waals surface area contributed by atoms with E-state index in [1.807, 2.05) is 0 Å². The number of rotatable bonds is 3. The van der Waals surface area contributed by atoms with Crippen LogP contribution in [0.1, 0.15) is 31.1 Å². The van der Waals surface area contributed by atoms with Crippen molar-refractivity contribution in [3.05, 3.63) is 29.8 Å². The number of nitrogens with one attached hydrogen (secondary N) is 2. The third kappa shape index (κ3) is 5.46. The van der Waals surface area contributed by atoms with Gasteiger partial charge in [-0.25, -0.2) is 13.1 Å². The summed E-state index contributed by atoms with van der Waals surface area (Å²) in [5.41, 5.74) is -0.0367. The van der Waals surface area contributed by atoms with Gasteiger partial charge in [0.25, 0.3) is 5.91 Å². The second-order valence-electron chi connectivity index (χ2n) is 6.42. The molecule has 1 saturated heterocycles. The van der Waals surface area contributed by atoms with Gasteiger partial charge in [0.2, 0.25) is 10.0 Å². The number of hydrogen-bond donors (Lipinski definition) is 2. The molecule has 1 aliphatic heterocycles. The van der Waals surface area contributed by atoms with Crippen LogP contribution < -0.4 is 10.0 Å². The van der Waals surface area contributed by atoms with Crippen molar-refractivity contribution in [1.29, 1.82) is 0 Å². The highest BCUT2D eigenvalue weighted by atomic mass is 35.5. The molecule has 6 nitrogen and oxygen atoms in total. The van der Waals surface area contributed by atoms with E-state index in [1.165, 1.54) is 12.1 Å². The first-order chi connectivity index (χ1) is 10.2. The molecule has 0 aliphatic carbocycles. The molecule has 0 atom stereocenters. The van der Waals surface area contributed by atoms with Crippen LogP contribution in [0.5, 0.6) is 0 Å². The van der Waals surface area contributed by atoms with Gasteiger partial charge in [-0.3, -0.25) is 4.79 Å². The second kappa shape index (κ2) is 7.61. The first kappa shape index (κ1) is 19.9. The van der Waals surface area contributed by atoms with E-state index >= 15 is 0 Å². The summed E-state index contributed by atoms with van der Waals surface area (Å²) in [4.78, 5) is 14.3. The first-order valence-corrected chi connectivity index (χ1v) is 8.81. The number of halogens is 1. The second-order valence-corrected chi connectivity index (χ2v) is 8.10. The lowest BCUT2D eigenvalue weighted by Gasteiger charge is -2.27. The quantitative estimate of drug-likeness (QED) is 0.848. The molecule has 8 heteroatoms. The topological polar surface area (TPSA) is 78.5 Å². The number of nitrogens with zero attached hydrogens (tertiary/aromatic N) is 1. The fraction of sp³-hybridized carbons (Fsp3) is 0.533. The van der Waals surface area contributed by atoms with E-state index in [2.05, 4.69) is 10.0 Å². The first-order valence-electron chi connectivity index (χ1n) is 7.33. The van der Waals surface area contributed by atoms with Crippen LogP contribution in [0.3, 0.4) is 0 Å². The van der Waals surface area contributed by atoms with Crippen LogP contribution in [-0.2, 0) is 10.0 Å². The Balaban J connectivity index is 0.00000264. The lowest BCUT2D eigenvalue weighted by Crippen LogP contribution is -2.46. The molecule has 130 valence electrons. The summed E-state index contributed by atoms with van der Waals surface area (Å²) >= 11 is 0. The lowest BCUT2D eigenvalue weighted by atomic mass is 10.1. The molecule has 0 aromatic heterocycles. The van der Waals surface area contributed by atoms with Crippen LogP contribution in [0.4, 0.5) is 0 Å². The molecule has 0 saturated carbocycles. The van der Waals surface area contributed by atoms with Crippen molar-refractivity contribution >= 4 is 28.3 Å². The minimum atomic E-state index is -3.57. The molecule has 0 bridgehead atoms. The van der Waals surface area contributed by atoms with E-state index in [0.717, 1.165) is 13.1 Å². The Morgan fingerprint density at radius 2 is 1.65 bits per heavy atom. The van der Waals surface area contributed by atoms with Gasteiger partial charge in [-0.1, -0.05) is 0 Å². The summed E-state index contributed by atoms with van der Waals surface area (Å²) < 4.78 is 27.0. The Bertz CT molecular complexity index is 633. The van der Waals surface area contributed by atoms with E-state index in [0.29, 0.717) is 18.7 Å². The Morgan fingerprint density at radius 1 is 1.13 bits per heavy atom. The molecule has 1 aromatic carbocycles. The molecular weight excluding hydrogens is 338 g/mol. The number of carbonyl (C=O) groups is 1. The van der Waals surface area contributed by atoms with Crippen LogP contribution in [0.2, 0.25) is 0 Å². The smallest absolute Gasteiger partial charge is 0.253 e. The van der Waals surface area contributed by atoms with E-state index in [9.17, 15) is 13.2 Å². The molecule has 1 heterocycles. The highest BCUT2D eigenvalue weighted by Crippen LogP contribution is 2.15. The van der Waals surface area contributed by atoms with Gasteiger partial charge < -0.3 is 10.2 Å². The van der Waals surface area contributed by atoms with E-state index in [-0.39, 0.29) is 23.2 Å². The molecule has 2 rings (SSSR count). The maximum absolute atomic E-state index is 12.3. The summed E-state index contributed by atoms with van der Waals surface area (Å²) in [6.07, 6.45) is 0. The summed E-state index contributed by atoms with van der Waals surface area (Å²) in [7, 11) is -3.57. The predicted molar refractivity (Wildman–Crippen MR) is 92.5 cm³/mol. The molecule has 1 amide bonds. The SMILES string of the molecule is CC(C)(C)NS(=O)(=O)c1ccc(C(=O)N2CCNCC2)cc1.Cl. The van der Waals surface area contributed by atoms with Crippen molar-refractivity contribution in [2.24, 2.45) is 0 Å². The average molecular weight is 362 g/mol. The number of sulfonamides is 1. The molecule has 0 unspecified atom stereocenters. The average Bonchev–Trinajstić information content (AvgIpc) is 2.45. The monoisotopic (exact) mass is 361 g/mol. The highest BCUT2D eigenvalue weighted by Gasteiger charge is 2.23. The maximum atomic E-state index is 12.3. The zero-order valence-electron chi connectivity index (χ0n) is 13.6. The predicted octanol–water partition coefficient (Wildman–Crippen LogP) is 1.23. The molecule has 23 heavy (non-hydrogen) atoms. The van der Waals surface area contributed by atoms with Gasteiger partial charge in [0.05, 0.1) is 4.90 Å². The molecule has 0 spiro atoms. The van der Waals surface area contributed by atoms with Gasteiger partial charge in [-0.2, -0.15) is 0 Å². The Kier molecular flexibility index (Phi) is 6.59.